The molecule has 34 heavy (non-hydrogen) atoms. The van der Waals surface area contributed by atoms with Gasteiger partial charge in [-0.3, -0.25) is 9.59 Å². The average Bonchev–Trinajstić information content (AvgIpc) is 3.34. The zero-order valence-electron chi connectivity index (χ0n) is 18.1. The summed E-state index contributed by atoms with van der Waals surface area (Å²) < 4.78 is 57.1. The number of anilines is 1. The second-order valence-corrected chi connectivity index (χ2v) is 9.02. The zero-order chi connectivity index (χ0) is 24.3. The Hall–Kier alpha value is -3.56. The first-order valence-corrected chi connectivity index (χ1v) is 10.7. The summed E-state index contributed by atoms with van der Waals surface area (Å²) in [5.41, 5.74) is -0.00517. The van der Waals surface area contributed by atoms with Crippen LogP contribution in [0.15, 0.2) is 42.7 Å². The van der Waals surface area contributed by atoms with E-state index in [1.807, 2.05) is 0 Å². The summed E-state index contributed by atoms with van der Waals surface area (Å²) in [6, 6.07) is 9.11. The maximum absolute atomic E-state index is 14.1. The van der Waals surface area contributed by atoms with Crippen LogP contribution < -0.4 is 4.90 Å². The van der Waals surface area contributed by atoms with Gasteiger partial charge < -0.3 is 9.47 Å². The number of rotatable bonds is 6. The number of aromatic nitrogens is 3. The van der Waals surface area contributed by atoms with Crippen LogP contribution in [0.4, 0.5) is 23.2 Å². The van der Waals surface area contributed by atoms with Gasteiger partial charge in [0.05, 0.1) is 6.54 Å². The topological polar surface area (TPSA) is 68.1 Å². The second kappa shape index (κ2) is 7.75. The Morgan fingerprint density at radius 1 is 1.18 bits per heavy atom. The highest BCUT2D eigenvalue weighted by molar-refractivity contribution is 6.11. The van der Waals surface area contributed by atoms with E-state index in [0.717, 1.165) is 6.07 Å². The van der Waals surface area contributed by atoms with E-state index in [9.17, 15) is 27.2 Å². The van der Waals surface area contributed by atoms with Crippen LogP contribution in [0, 0.1) is 0 Å². The summed E-state index contributed by atoms with van der Waals surface area (Å²) in [7, 11) is 1.74. The lowest BCUT2D eigenvalue weighted by Crippen LogP contribution is -2.51. The molecule has 0 spiro atoms. The lowest BCUT2D eigenvalue weighted by atomic mass is 9.60. The summed E-state index contributed by atoms with van der Waals surface area (Å²) in [5.74, 6) is -2.77. The Morgan fingerprint density at radius 2 is 1.94 bits per heavy atom. The Balaban J connectivity index is 1.51. The van der Waals surface area contributed by atoms with Gasteiger partial charge in [0.25, 0.3) is 12.3 Å². The van der Waals surface area contributed by atoms with Gasteiger partial charge >= 0.3 is 0 Å². The summed E-state index contributed by atoms with van der Waals surface area (Å²) in [5, 5.41) is 7.87. The average molecular weight is 472 g/mol. The molecule has 1 aliphatic heterocycles. The molecule has 1 amide bonds. The van der Waals surface area contributed by atoms with E-state index in [1.54, 1.807) is 35.9 Å². The van der Waals surface area contributed by atoms with Crippen molar-refractivity contribution in [2.45, 2.75) is 43.6 Å². The van der Waals surface area contributed by atoms with E-state index in [2.05, 4.69) is 10.2 Å². The fourth-order valence-corrected chi connectivity index (χ4v) is 5.07. The van der Waals surface area contributed by atoms with Crippen molar-refractivity contribution >= 4 is 17.9 Å². The van der Waals surface area contributed by atoms with E-state index < -0.39 is 23.7 Å². The molecular weight excluding hydrogens is 452 g/mol. The third-order valence-corrected chi connectivity index (χ3v) is 6.74. The van der Waals surface area contributed by atoms with Crippen molar-refractivity contribution in [3.63, 3.8) is 0 Å². The first-order valence-electron chi connectivity index (χ1n) is 10.7. The number of fused-ring (bicyclic) bond motifs is 1. The molecule has 3 aromatic rings. The number of aryl methyl sites for hydroxylation is 1. The van der Waals surface area contributed by atoms with Crippen molar-refractivity contribution in [3.05, 3.63) is 76.4 Å². The molecule has 1 aromatic heterocycles. The van der Waals surface area contributed by atoms with Crippen LogP contribution in [0.3, 0.4) is 0 Å². The highest BCUT2D eigenvalue weighted by atomic mass is 19.3. The summed E-state index contributed by atoms with van der Waals surface area (Å²) >= 11 is 0. The molecule has 1 aliphatic carbocycles. The third kappa shape index (κ3) is 3.57. The number of hydrogen-bond donors (Lipinski definition) is 0. The number of halogens is 4. The molecule has 1 fully saturated rings. The first kappa shape index (κ1) is 22.2. The maximum atomic E-state index is 14.1. The summed E-state index contributed by atoms with van der Waals surface area (Å²) in [6.45, 7) is -0.0944. The minimum Gasteiger partial charge on any atom is -0.321 e. The van der Waals surface area contributed by atoms with E-state index in [4.69, 9.17) is 0 Å². The minimum absolute atomic E-state index is 0.00247. The Morgan fingerprint density at radius 3 is 2.56 bits per heavy atom. The molecule has 0 unspecified atom stereocenters. The zero-order valence-corrected chi connectivity index (χ0v) is 18.1. The number of benzene rings is 2. The molecule has 1 saturated carbocycles. The van der Waals surface area contributed by atoms with Crippen LogP contribution in [0.25, 0.3) is 0 Å². The van der Waals surface area contributed by atoms with Gasteiger partial charge in [0.15, 0.2) is 0 Å². The molecule has 5 rings (SSSR count). The number of carbonyl (C=O) groups is 2. The van der Waals surface area contributed by atoms with Crippen molar-refractivity contribution in [1.82, 2.24) is 14.8 Å². The van der Waals surface area contributed by atoms with Crippen molar-refractivity contribution in [3.8, 4) is 0 Å². The van der Waals surface area contributed by atoms with E-state index >= 15 is 0 Å². The fraction of sp³-hybridized carbons (Fsp3) is 0.333. The first-order chi connectivity index (χ1) is 16.1. The molecule has 2 heterocycles. The normalized spacial score (nSPS) is 18.2. The SMILES string of the molecule is Cn1cnnc1CC1(c2cccc(N3Cc4c(cc(C=O)cc4C(F)F)C3=O)c2)CC(F)(F)C1. The minimum atomic E-state index is -2.85. The van der Waals surface area contributed by atoms with E-state index in [0.29, 0.717) is 23.4 Å². The van der Waals surface area contributed by atoms with Crippen LogP contribution in [-0.2, 0) is 25.4 Å². The smallest absolute Gasteiger partial charge is 0.264 e. The van der Waals surface area contributed by atoms with Gasteiger partial charge in [-0.2, -0.15) is 0 Å². The molecule has 6 nitrogen and oxygen atoms in total. The molecule has 0 N–H and O–H groups in total. The molecular formula is C24H20F4N4O2. The van der Waals surface area contributed by atoms with Gasteiger partial charge in [0, 0.05) is 54.1 Å². The number of alkyl halides is 4. The molecule has 10 heteroatoms. The summed E-state index contributed by atoms with van der Waals surface area (Å²) in [4.78, 5) is 25.6. The number of nitrogens with zero attached hydrogens (tertiary/aromatic N) is 4. The van der Waals surface area contributed by atoms with Gasteiger partial charge in [-0.15, -0.1) is 10.2 Å². The Kier molecular flexibility index (Phi) is 5.07. The molecule has 2 aromatic carbocycles. The lowest BCUT2D eigenvalue weighted by molar-refractivity contribution is -0.127. The van der Waals surface area contributed by atoms with Gasteiger partial charge in [-0.1, -0.05) is 12.1 Å². The van der Waals surface area contributed by atoms with Crippen LogP contribution >= 0.6 is 0 Å². The van der Waals surface area contributed by atoms with Crippen molar-refractivity contribution in [1.29, 1.82) is 0 Å². The van der Waals surface area contributed by atoms with Crippen molar-refractivity contribution in [2.24, 2.45) is 7.05 Å². The maximum Gasteiger partial charge on any atom is 0.264 e. The molecule has 2 aliphatic rings. The predicted octanol–water partition coefficient (Wildman–Crippen LogP) is 4.64. The van der Waals surface area contributed by atoms with Gasteiger partial charge in [-0.25, -0.2) is 17.6 Å². The van der Waals surface area contributed by atoms with Crippen LogP contribution in [-0.4, -0.2) is 32.9 Å². The monoisotopic (exact) mass is 472 g/mol. The standard InChI is InChI=1S/C24H20F4N4O2/c1-31-13-29-30-20(31)8-23(11-24(27,28)12-23)15-3-2-4-16(7-15)32-9-19-17(21(25)26)5-14(10-33)6-18(19)22(32)34/h2-7,10,13,21H,8-9,11-12H2,1H3. The number of aldehydes is 1. The van der Waals surface area contributed by atoms with Gasteiger partial charge in [0.1, 0.15) is 18.4 Å². The fourth-order valence-electron chi connectivity index (χ4n) is 5.07. The van der Waals surface area contributed by atoms with Crippen LogP contribution in [0.2, 0.25) is 0 Å². The second-order valence-electron chi connectivity index (χ2n) is 9.02. The van der Waals surface area contributed by atoms with Gasteiger partial charge in [0.2, 0.25) is 5.92 Å². The Labute approximate surface area is 192 Å². The Bertz CT molecular complexity index is 1300. The van der Waals surface area contributed by atoms with Crippen LogP contribution in [0.5, 0.6) is 0 Å². The quantitative estimate of drug-likeness (QED) is 0.387. The van der Waals surface area contributed by atoms with Crippen molar-refractivity contribution in [2.75, 3.05) is 4.90 Å². The molecule has 176 valence electrons. The molecule has 0 atom stereocenters. The predicted molar refractivity (Wildman–Crippen MR) is 114 cm³/mol. The highest BCUT2D eigenvalue weighted by Gasteiger charge is 2.57. The van der Waals surface area contributed by atoms with E-state index in [1.165, 1.54) is 17.3 Å². The molecule has 0 radical (unpaired) electrons. The third-order valence-electron chi connectivity index (χ3n) is 6.74. The number of carbonyl (C=O) groups excluding carboxylic acids is 2. The van der Waals surface area contributed by atoms with Crippen LogP contribution in [0.1, 0.15) is 62.5 Å². The number of amides is 1. The molecule has 0 bridgehead atoms. The van der Waals surface area contributed by atoms with Crippen molar-refractivity contribution < 1.29 is 27.2 Å². The number of hydrogen-bond acceptors (Lipinski definition) is 4. The highest BCUT2D eigenvalue weighted by Crippen LogP contribution is 2.55. The van der Waals surface area contributed by atoms with Gasteiger partial charge in [-0.05, 0) is 35.4 Å². The largest absolute Gasteiger partial charge is 0.321 e. The van der Waals surface area contributed by atoms with E-state index in [-0.39, 0.29) is 48.1 Å². The lowest BCUT2D eigenvalue weighted by Gasteiger charge is -2.48. The summed E-state index contributed by atoms with van der Waals surface area (Å²) in [6.07, 6.45) is -1.42. The molecule has 0 saturated heterocycles.